The average molecular weight is 278 g/mol. The van der Waals surface area contributed by atoms with Gasteiger partial charge in [-0.25, -0.2) is 4.39 Å². The minimum Gasteiger partial charge on any atom is -0.347 e. The summed E-state index contributed by atoms with van der Waals surface area (Å²) in [6, 6.07) is 0.845. The van der Waals surface area contributed by atoms with E-state index in [0.717, 1.165) is 6.07 Å². The van der Waals surface area contributed by atoms with Gasteiger partial charge in [0.25, 0.3) is 5.91 Å². The van der Waals surface area contributed by atoms with Crippen molar-refractivity contribution in [3.8, 4) is 0 Å². The number of carbonyl (C=O) groups excluding carboxylic acids is 1. The summed E-state index contributed by atoms with van der Waals surface area (Å²) in [6.45, 7) is 0. The zero-order valence-electron chi connectivity index (χ0n) is 8.64. The molecule has 1 aromatic rings. The maximum Gasteiger partial charge on any atom is 0.416 e. The summed E-state index contributed by atoms with van der Waals surface area (Å²) in [5.74, 6) is -1.68. The van der Waals surface area contributed by atoms with E-state index in [9.17, 15) is 22.4 Å². The summed E-state index contributed by atoms with van der Waals surface area (Å²) < 4.78 is 50.6. The Balaban J connectivity index is 2.43. The van der Waals surface area contributed by atoms with Crippen LogP contribution in [-0.4, -0.2) is 11.0 Å². The van der Waals surface area contributed by atoms with E-state index in [0.29, 0.717) is 12.1 Å². The Morgan fingerprint density at radius 1 is 1.22 bits per heavy atom. The van der Waals surface area contributed by atoms with Crippen molar-refractivity contribution in [2.75, 3.05) is 0 Å². The van der Waals surface area contributed by atoms with Crippen LogP contribution in [0.3, 0.4) is 0 Å². The number of amides is 1. The first-order chi connectivity index (χ1) is 8.27. The van der Waals surface area contributed by atoms with Gasteiger partial charge in [-0.15, -0.1) is 0 Å². The summed E-state index contributed by atoms with van der Waals surface area (Å²) in [5, 5.41) is 4.69. The Kier molecular flexibility index (Phi) is 2.97. The molecule has 0 aromatic heterocycles. The molecule has 1 aromatic carbocycles. The third-order valence-corrected chi connectivity index (χ3v) is 2.58. The minimum absolute atomic E-state index is 0.00261. The van der Waals surface area contributed by atoms with Crippen LogP contribution in [0.15, 0.2) is 18.2 Å². The van der Waals surface area contributed by atoms with Crippen LogP contribution >= 0.6 is 12.2 Å². The van der Waals surface area contributed by atoms with Crippen molar-refractivity contribution in [1.82, 2.24) is 10.6 Å². The van der Waals surface area contributed by atoms with E-state index in [2.05, 4.69) is 22.9 Å². The van der Waals surface area contributed by atoms with E-state index in [1.54, 1.807) is 0 Å². The molecule has 1 saturated heterocycles. The van der Waals surface area contributed by atoms with Gasteiger partial charge in [0.2, 0.25) is 0 Å². The molecule has 2 rings (SSSR count). The highest BCUT2D eigenvalue weighted by atomic mass is 32.1. The second-order valence-corrected chi connectivity index (χ2v) is 4.07. The lowest BCUT2D eigenvalue weighted by Crippen LogP contribution is -2.21. The van der Waals surface area contributed by atoms with Crippen molar-refractivity contribution in [3.63, 3.8) is 0 Å². The molecule has 1 aliphatic rings. The lowest BCUT2D eigenvalue weighted by molar-refractivity contribution is -0.138. The number of alkyl halides is 3. The van der Waals surface area contributed by atoms with Gasteiger partial charge in [-0.1, -0.05) is 0 Å². The van der Waals surface area contributed by atoms with Gasteiger partial charge in [0.05, 0.1) is 5.56 Å². The maximum atomic E-state index is 13.1. The second-order valence-electron chi connectivity index (χ2n) is 3.67. The third kappa shape index (κ3) is 2.42. The van der Waals surface area contributed by atoms with Crippen LogP contribution in [-0.2, 0) is 11.0 Å². The molecule has 18 heavy (non-hydrogen) atoms. The van der Waals surface area contributed by atoms with Crippen LogP contribution in [0, 0.1) is 5.82 Å². The van der Waals surface area contributed by atoms with E-state index >= 15 is 0 Å². The third-order valence-electron chi connectivity index (χ3n) is 2.36. The molecule has 96 valence electrons. The number of thiocarbonyl (C=S) groups is 1. The Morgan fingerprint density at radius 3 is 2.39 bits per heavy atom. The van der Waals surface area contributed by atoms with E-state index < -0.39 is 29.5 Å². The lowest BCUT2D eigenvalue weighted by Gasteiger charge is -2.12. The maximum absolute atomic E-state index is 13.1. The Morgan fingerprint density at radius 2 is 1.89 bits per heavy atom. The summed E-state index contributed by atoms with van der Waals surface area (Å²) in [5.41, 5.74) is -1.27. The van der Waals surface area contributed by atoms with Crippen LogP contribution in [0.4, 0.5) is 17.6 Å². The second kappa shape index (κ2) is 4.20. The van der Waals surface area contributed by atoms with E-state index in [1.807, 2.05) is 0 Å². The first-order valence-corrected chi connectivity index (χ1v) is 5.17. The fraction of sp³-hybridized carbons (Fsp3) is 0.200. The molecule has 8 heteroatoms. The number of nitrogens with one attached hydrogen (secondary N) is 2. The predicted octanol–water partition coefficient (Wildman–Crippen LogP) is 1.89. The molecule has 1 fully saturated rings. The Labute approximate surface area is 104 Å². The number of benzene rings is 1. The topological polar surface area (TPSA) is 41.1 Å². The highest BCUT2D eigenvalue weighted by Gasteiger charge is 2.34. The smallest absolute Gasteiger partial charge is 0.347 e. The van der Waals surface area contributed by atoms with Gasteiger partial charge in [0.15, 0.2) is 5.11 Å². The van der Waals surface area contributed by atoms with E-state index in [-0.39, 0.29) is 10.7 Å². The number of hydrogen-bond acceptors (Lipinski definition) is 2. The molecule has 2 N–H and O–H groups in total. The number of halogens is 4. The molecule has 1 amide bonds. The quantitative estimate of drug-likeness (QED) is 0.609. The predicted molar refractivity (Wildman–Crippen MR) is 58.0 cm³/mol. The highest BCUT2D eigenvalue weighted by molar-refractivity contribution is 7.80. The van der Waals surface area contributed by atoms with Gasteiger partial charge in [-0.3, -0.25) is 4.79 Å². The van der Waals surface area contributed by atoms with Crippen LogP contribution in [0.25, 0.3) is 0 Å². The molecule has 0 spiro atoms. The van der Waals surface area contributed by atoms with Gasteiger partial charge in [-0.05, 0) is 36.0 Å². The van der Waals surface area contributed by atoms with Gasteiger partial charge in [0.1, 0.15) is 11.9 Å². The highest BCUT2D eigenvalue weighted by Crippen LogP contribution is 2.32. The molecule has 3 nitrogen and oxygen atoms in total. The molecule has 0 saturated carbocycles. The van der Waals surface area contributed by atoms with Crippen molar-refractivity contribution in [2.24, 2.45) is 0 Å². The van der Waals surface area contributed by atoms with E-state index in [4.69, 9.17) is 0 Å². The summed E-state index contributed by atoms with van der Waals surface area (Å²) >= 11 is 4.65. The summed E-state index contributed by atoms with van der Waals surface area (Å²) in [4.78, 5) is 11.4. The van der Waals surface area contributed by atoms with Crippen LogP contribution in [0.1, 0.15) is 17.2 Å². The molecular formula is C10H6F4N2OS. The van der Waals surface area contributed by atoms with Gasteiger partial charge in [-0.2, -0.15) is 13.2 Å². The SMILES string of the molecule is O=C1NC(=S)NC1c1cc(F)cc(C(F)(F)F)c1. The Hall–Kier alpha value is -1.70. The molecule has 0 bridgehead atoms. The molecule has 1 aliphatic heterocycles. The number of hydrogen-bond donors (Lipinski definition) is 2. The van der Waals surface area contributed by atoms with E-state index in [1.165, 1.54) is 0 Å². The van der Waals surface area contributed by atoms with Crippen LogP contribution < -0.4 is 10.6 Å². The molecule has 1 heterocycles. The fourth-order valence-corrected chi connectivity index (χ4v) is 1.81. The van der Waals surface area contributed by atoms with Gasteiger partial charge >= 0.3 is 6.18 Å². The number of rotatable bonds is 1. The van der Waals surface area contributed by atoms with Crippen LogP contribution in [0.5, 0.6) is 0 Å². The van der Waals surface area contributed by atoms with Gasteiger partial charge in [0, 0.05) is 0 Å². The zero-order chi connectivity index (χ0) is 13.5. The molecular weight excluding hydrogens is 272 g/mol. The summed E-state index contributed by atoms with van der Waals surface area (Å²) in [6.07, 6.45) is -4.67. The first-order valence-electron chi connectivity index (χ1n) is 4.76. The lowest BCUT2D eigenvalue weighted by atomic mass is 10.0. The molecule has 1 unspecified atom stereocenters. The van der Waals surface area contributed by atoms with Crippen molar-refractivity contribution >= 4 is 23.2 Å². The van der Waals surface area contributed by atoms with Crippen molar-refractivity contribution in [1.29, 1.82) is 0 Å². The summed E-state index contributed by atoms with van der Waals surface area (Å²) in [7, 11) is 0. The van der Waals surface area contributed by atoms with Crippen LogP contribution in [0.2, 0.25) is 0 Å². The first kappa shape index (κ1) is 12.7. The molecule has 0 aliphatic carbocycles. The van der Waals surface area contributed by atoms with Crippen molar-refractivity contribution in [2.45, 2.75) is 12.2 Å². The number of carbonyl (C=O) groups is 1. The zero-order valence-corrected chi connectivity index (χ0v) is 9.45. The average Bonchev–Trinajstić information content (AvgIpc) is 2.55. The molecule has 1 atom stereocenters. The normalized spacial score (nSPS) is 19.7. The standard InChI is InChI=1S/C10H6F4N2OS/c11-6-2-4(1-5(3-6)10(12,13)14)7-8(17)16-9(18)15-7/h1-3,7H,(H2,15,16,17,18). The molecule has 0 radical (unpaired) electrons. The minimum atomic E-state index is -4.67. The van der Waals surface area contributed by atoms with Crippen molar-refractivity contribution in [3.05, 3.63) is 35.1 Å². The Bertz CT molecular complexity index is 529. The van der Waals surface area contributed by atoms with Crippen molar-refractivity contribution < 1.29 is 22.4 Å². The fourth-order valence-electron chi connectivity index (χ4n) is 1.59. The van der Waals surface area contributed by atoms with Gasteiger partial charge < -0.3 is 10.6 Å². The largest absolute Gasteiger partial charge is 0.416 e. The monoisotopic (exact) mass is 278 g/mol.